The lowest BCUT2D eigenvalue weighted by Gasteiger charge is -2.05. The summed E-state index contributed by atoms with van der Waals surface area (Å²) in [5, 5.41) is 5.47. The molecule has 2 aliphatic rings. The van der Waals surface area contributed by atoms with Gasteiger partial charge in [-0.2, -0.15) is 0 Å². The Balaban J connectivity index is 1.88. The van der Waals surface area contributed by atoms with E-state index in [0.717, 1.165) is 25.0 Å². The lowest BCUT2D eigenvalue weighted by Crippen LogP contribution is -2.37. The summed E-state index contributed by atoms with van der Waals surface area (Å²) in [6.45, 7) is 0. The van der Waals surface area contributed by atoms with Crippen molar-refractivity contribution >= 4 is 11.9 Å². The molecule has 4 nitrogen and oxygen atoms in total. The first-order valence-corrected chi connectivity index (χ1v) is 5.84. The molecule has 1 aliphatic heterocycles. The third-order valence-corrected chi connectivity index (χ3v) is 2.99. The van der Waals surface area contributed by atoms with E-state index in [1.807, 2.05) is 0 Å². The van der Waals surface area contributed by atoms with Crippen molar-refractivity contribution in [3.8, 4) is 0 Å². The van der Waals surface area contributed by atoms with Gasteiger partial charge in [0.15, 0.2) is 29.5 Å². The van der Waals surface area contributed by atoms with Crippen molar-refractivity contribution in [2.45, 2.75) is 24.9 Å². The minimum absolute atomic E-state index is 0.0125. The molecule has 3 rings (SSSR count). The largest absolute Gasteiger partial charge is 0.353 e. The van der Waals surface area contributed by atoms with Gasteiger partial charge in [0, 0.05) is 6.04 Å². The molecule has 0 bridgehead atoms. The molecule has 0 radical (unpaired) electrons. The first-order chi connectivity index (χ1) is 9.04. The number of benzene rings is 1. The Hall–Kier alpha value is -2.05. The van der Waals surface area contributed by atoms with Crippen LogP contribution in [0.1, 0.15) is 24.4 Å². The number of nitrogens with zero attached hydrogens (tertiary/aromatic N) is 1. The Bertz CT molecular complexity index is 561. The van der Waals surface area contributed by atoms with Gasteiger partial charge in [-0.25, -0.2) is 18.2 Å². The summed E-state index contributed by atoms with van der Waals surface area (Å²) in [5.41, 5.74) is -0.0125. The number of hydrogen-bond acceptors (Lipinski definition) is 3. The number of nitrogens with one attached hydrogen (secondary N) is 2. The van der Waals surface area contributed by atoms with Crippen LogP contribution in [-0.4, -0.2) is 17.9 Å². The van der Waals surface area contributed by atoms with Crippen LogP contribution in [0.4, 0.5) is 13.2 Å². The van der Waals surface area contributed by atoms with Gasteiger partial charge in [-0.1, -0.05) is 0 Å². The molecule has 100 valence electrons. The Kier molecular flexibility index (Phi) is 2.69. The molecule has 1 aliphatic carbocycles. The van der Waals surface area contributed by atoms with E-state index < -0.39 is 29.4 Å². The lowest BCUT2D eigenvalue weighted by atomic mass is 10.1. The fourth-order valence-electron chi connectivity index (χ4n) is 1.86. The van der Waals surface area contributed by atoms with Crippen molar-refractivity contribution in [2.24, 2.45) is 4.99 Å². The average molecular weight is 269 g/mol. The fourth-order valence-corrected chi connectivity index (χ4v) is 1.86. The molecule has 1 atom stereocenters. The van der Waals surface area contributed by atoms with Gasteiger partial charge in [0.1, 0.15) is 0 Å². The zero-order chi connectivity index (χ0) is 13.6. The van der Waals surface area contributed by atoms with Gasteiger partial charge in [0.05, 0.1) is 0 Å². The molecule has 1 heterocycles. The lowest BCUT2D eigenvalue weighted by molar-refractivity contribution is -0.120. The Morgan fingerprint density at radius 3 is 2.42 bits per heavy atom. The van der Waals surface area contributed by atoms with Crippen LogP contribution in [0.25, 0.3) is 0 Å². The van der Waals surface area contributed by atoms with Crippen LogP contribution in [-0.2, 0) is 4.79 Å². The van der Waals surface area contributed by atoms with Crippen LogP contribution in [0, 0.1) is 17.5 Å². The van der Waals surface area contributed by atoms with Gasteiger partial charge in [0.2, 0.25) is 0 Å². The van der Waals surface area contributed by atoms with E-state index >= 15 is 0 Å². The number of carbonyl (C=O) groups excluding carboxylic acids is 1. The average Bonchev–Trinajstić information content (AvgIpc) is 3.08. The second kappa shape index (κ2) is 4.25. The predicted octanol–water partition coefficient (Wildman–Crippen LogP) is 1.38. The van der Waals surface area contributed by atoms with E-state index in [0.29, 0.717) is 12.0 Å². The normalized spacial score (nSPS) is 22.2. The van der Waals surface area contributed by atoms with Crippen LogP contribution >= 0.6 is 0 Å². The predicted molar refractivity (Wildman–Crippen MR) is 60.8 cm³/mol. The van der Waals surface area contributed by atoms with E-state index in [1.54, 1.807) is 0 Å². The standard InChI is InChI=1S/C12H10F3N3O/c13-7-3-5(4-8(14)9(7)15)10-11(19)18-12(17-10)16-6-1-2-6/h3-4,6,10H,1-2H2,(H2,16,17,18,19). The summed E-state index contributed by atoms with van der Waals surface area (Å²) in [6, 6.07) is 0.809. The van der Waals surface area contributed by atoms with Gasteiger partial charge < -0.3 is 5.32 Å². The van der Waals surface area contributed by atoms with Crippen LogP contribution in [0.2, 0.25) is 0 Å². The Morgan fingerprint density at radius 2 is 1.84 bits per heavy atom. The monoisotopic (exact) mass is 269 g/mol. The molecule has 1 saturated carbocycles. The Labute approximate surface area is 106 Å². The topological polar surface area (TPSA) is 53.5 Å². The number of rotatable bonds is 2. The molecule has 0 spiro atoms. The van der Waals surface area contributed by atoms with E-state index in [9.17, 15) is 18.0 Å². The van der Waals surface area contributed by atoms with Crippen LogP contribution in [0.3, 0.4) is 0 Å². The third kappa shape index (κ3) is 2.27. The highest BCUT2D eigenvalue weighted by Crippen LogP contribution is 2.25. The molecule has 2 N–H and O–H groups in total. The second-order valence-corrected chi connectivity index (χ2v) is 4.59. The van der Waals surface area contributed by atoms with E-state index in [-0.39, 0.29) is 5.56 Å². The summed E-state index contributed by atoms with van der Waals surface area (Å²) in [4.78, 5) is 15.7. The van der Waals surface area contributed by atoms with Gasteiger partial charge in [0.25, 0.3) is 5.91 Å². The molecule has 7 heteroatoms. The maximum absolute atomic E-state index is 13.1. The summed E-state index contributed by atoms with van der Waals surface area (Å²) < 4.78 is 39.1. The summed E-state index contributed by atoms with van der Waals surface area (Å²) >= 11 is 0. The number of guanidine groups is 1. The molecule has 0 saturated heterocycles. The van der Waals surface area contributed by atoms with Crippen molar-refractivity contribution in [3.63, 3.8) is 0 Å². The van der Waals surface area contributed by atoms with Gasteiger partial charge in [-0.05, 0) is 30.5 Å². The maximum atomic E-state index is 13.1. The minimum atomic E-state index is -1.55. The molecular weight excluding hydrogens is 259 g/mol. The maximum Gasteiger partial charge on any atom is 0.256 e. The van der Waals surface area contributed by atoms with Crippen LogP contribution < -0.4 is 10.6 Å². The van der Waals surface area contributed by atoms with Crippen molar-refractivity contribution in [1.82, 2.24) is 10.6 Å². The van der Waals surface area contributed by atoms with Gasteiger partial charge in [-0.15, -0.1) is 0 Å². The molecule has 19 heavy (non-hydrogen) atoms. The summed E-state index contributed by atoms with van der Waals surface area (Å²) in [7, 11) is 0. The number of amides is 1. The van der Waals surface area contributed by atoms with Crippen LogP contribution in [0.15, 0.2) is 17.1 Å². The molecule has 1 amide bonds. The third-order valence-electron chi connectivity index (χ3n) is 2.99. The highest BCUT2D eigenvalue weighted by atomic mass is 19.2. The molecule has 1 unspecified atom stereocenters. The van der Waals surface area contributed by atoms with Crippen LogP contribution in [0.5, 0.6) is 0 Å². The smallest absolute Gasteiger partial charge is 0.256 e. The molecule has 0 aromatic heterocycles. The molecule has 1 aromatic carbocycles. The summed E-state index contributed by atoms with van der Waals surface area (Å²) in [6.07, 6.45) is 2.00. The molecule has 1 aromatic rings. The number of aliphatic imine (C=N–C) groups is 1. The number of carbonyl (C=O) groups is 1. The first kappa shape index (κ1) is 12.0. The number of hydrogen-bond donors (Lipinski definition) is 2. The van der Waals surface area contributed by atoms with E-state index in [2.05, 4.69) is 15.6 Å². The molecule has 1 fully saturated rings. The first-order valence-electron chi connectivity index (χ1n) is 5.84. The summed E-state index contributed by atoms with van der Waals surface area (Å²) in [5.74, 6) is -4.41. The van der Waals surface area contributed by atoms with Gasteiger partial charge in [-0.3, -0.25) is 10.1 Å². The highest BCUT2D eigenvalue weighted by molar-refractivity contribution is 6.05. The van der Waals surface area contributed by atoms with Gasteiger partial charge >= 0.3 is 0 Å². The van der Waals surface area contributed by atoms with Crippen molar-refractivity contribution in [3.05, 3.63) is 35.1 Å². The highest BCUT2D eigenvalue weighted by Gasteiger charge is 2.32. The number of halogens is 3. The molecular formula is C12H10F3N3O. The van der Waals surface area contributed by atoms with E-state index in [1.165, 1.54) is 0 Å². The Morgan fingerprint density at radius 1 is 1.21 bits per heavy atom. The van der Waals surface area contributed by atoms with Crippen molar-refractivity contribution in [2.75, 3.05) is 0 Å². The zero-order valence-corrected chi connectivity index (χ0v) is 9.71. The minimum Gasteiger partial charge on any atom is -0.353 e. The van der Waals surface area contributed by atoms with Crippen molar-refractivity contribution in [1.29, 1.82) is 0 Å². The second-order valence-electron chi connectivity index (χ2n) is 4.59. The fraction of sp³-hybridized carbons (Fsp3) is 0.333. The quantitative estimate of drug-likeness (QED) is 0.797. The SMILES string of the molecule is O=C1NC(NC2CC2)=NC1c1cc(F)c(F)c(F)c1. The zero-order valence-electron chi connectivity index (χ0n) is 9.71. The van der Waals surface area contributed by atoms with Crippen molar-refractivity contribution < 1.29 is 18.0 Å². The van der Waals surface area contributed by atoms with E-state index in [4.69, 9.17) is 0 Å².